The minimum Gasteiger partial charge on any atom is -0.379 e. The molecule has 0 aromatic carbocycles. The number of rotatable bonds is 11. The lowest BCUT2D eigenvalue weighted by Crippen LogP contribution is -2.11. The zero-order valence-corrected chi connectivity index (χ0v) is 9.79. The molecule has 0 spiro atoms. The Balaban J connectivity index is 2.95. The Hall–Kier alpha value is -0.450. The molecular weight excluding hydrogens is 196 g/mol. The molecule has 15 heavy (non-hydrogen) atoms. The molecule has 90 valence electrons. The van der Waals surface area contributed by atoms with Crippen LogP contribution in [-0.4, -0.2) is 45.4 Å². The molecule has 0 radical (unpaired) electrons. The fourth-order valence-corrected chi connectivity index (χ4v) is 0.947. The average molecular weight is 218 g/mol. The van der Waals surface area contributed by atoms with Crippen molar-refractivity contribution >= 4 is 5.78 Å². The second kappa shape index (κ2) is 11.6. The molecule has 0 rings (SSSR count). The molecule has 0 aromatic rings. The third-order valence-electron chi connectivity index (χ3n) is 1.87. The van der Waals surface area contributed by atoms with Crippen LogP contribution in [0.4, 0.5) is 0 Å². The first-order valence-corrected chi connectivity index (χ1v) is 5.56. The monoisotopic (exact) mass is 218 g/mol. The Morgan fingerprint density at radius 1 is 0.867 bits per heavy atom. The molecule has 0 aromatic heterocycles. The standard InChI is InChI=1S/C11H22O4/c1-3-11(12)5-6-14-9-10-15-8-7-13-4-2/h3-10H2,1-2H3. The van der Waals surface area contributed by atoms with Gasteiger partial charge in [0.15, 0.2) is 0 Å². The summed E-state index contributed by atoms with van der Waals surface area (Å²) in [6.07, 6.45) is 1.10. The van der Waals surface area contributed by atoms with Crippen LogP contribution in [0.25, 0.3) is 0 Å². The zero-order valence-electron chi connectivity index (χ0n) is 9.79. The zero-order chi connectivity index (χ0) is 11.4. The molecule has 0 amide bonds. The van der Waals surface area contributed by atoms with E-state index in [0.29, 0.717) is 45.9 Å². The van der Waals surface area contributed by atoms with Crippen molar-refractivity contribution in [3.05, 3.63) is 0 Å². The van der Waals surface area contributed by atoms with Crippen LogP contribution in [0.3, 0.4) is 0 Å². The van der Waals surface area contributed by atoms with Gasteiger partial charge in [-0.15, -0.1) is 0 Å². The van der Waals surface area contributed by atoms with E-state index in [4.69, 9.17) is 14.2 Å². The average Bonchev–Trinajstić information content (AvgIpc) is 2.26. The summed E-state index contributed by atoms with van der Waals surface area (Å²) in [5, 5.41) is 0. The number of hydrogen-bond donors (Lipinski definition) is 0. The van der Waals surface area contributed by atoms with Crippen LogP contribution in [0, 0.1) is 0 Å². The van der Waals surface area contributed by atoms with E-state index in [1.807, 2.05) is 13.8 Å². The van der Waals surface area contributed by atoms with Crippen molar-refractivity contribution in [1.29, 1.82) is 0 Å². The minimum absolute atomic E-state index is 0.243. The highest BCUT2D eigenvalue weighted by Crippen LogP contribution is 1.89. The predicted molar refractivity (Wildman–Crippen MR) is 58.0 cm³/mol. The van der Waals surface area contributed by atoms with E-state index in [9.17, 15) is 4.79 Å². The van der Waals surface area contributed by atoms with Crippen molar-refractivity contribution in [2.45, 2.75) is 26.7 Å². The maximum Gasteiger partial charge on any atom is 0.134 e. The van der Waals surface area contributed by atoms with Crippen LogP contribution in [0.1, 0.15) is 26.7 Å². The molecule has 0 aliphatic carbocycles. The van der Waals surface area contributed by atoms with Gasteiger partial charge in [-0.3, -0.25) is 4.79 Å². The number of hydrogen-bond acceptors (Lipinski definition) is 4. The smallest absolute Gasteiger partial charge is 0.134 e. The summed E-state index contributed by atoms with van der Waals surface area (Å²) in [6, 6.07) is 0. The molecular formula is C11H22O4. The summed E-state index contributed by atoms with van der Waals surface area (Å²) in [7, 11) is 0. The normalized spacial score (nSPS) is 10.5. The van der Waals surface area contributed by atoms with Gasteiger partial charge in [-0.05, 0) is 6.92 Å². The lowest BCUT2D eigenvalue weighted by Gasteiger charge is -2.05. The Labute approximate surface area is 91.9 Å². The largest absolute Gasteiger partial charge is 0.379 e. The van der Waals surface area contributed by atoms with Crippen LogP contribution in [0.2, 0.25) is 0 Å². The van der Waals surface area contributed by atoms with Gasteiger partial charge in [-0.1, -0.05) is 6.92 Å². The number of carbonyl (C=O) groups is 1. The van der Waals surface area contributed by atoms with Gasteiger partial charge in [0.2, 0.25) is 0 Å². The Bertz CT molecular complexity index is 148. The van der Waals surface area contributed by atoms with Crippen molar-refractivity contribution in [2.75, 3.05) is 39.6 Å². The quantitative estimate of drug-likeness (QED) is 0.492. The molecule has 4 nitrogen and oxygen atoms in total. The van der Waals surface area contributed by atoms with Gasteiger partial charge in [0, 0.05) is 19.4 Å². The highest BCUT2D eigenvalue weighted by molar-refractivity contribution is 5.78. The lowest BCUT2D eigenvalue weighted by atomic mass is 10.2. The van der Waals surface area contributed by atoms with Gasteiger partial charge < -0.3 is 14.2 Å². The summed E-state index contributed by atoms with van der Waals surface area (Å²) < 4.78 is 15.6. The van der Waals surface area contributed by atoms with E-state index in [0.717, 1.165) is 6.61 Å². The molecule has 0 unspecified atom stereocenters. The van der Waals surface area contributed by atoms with Gasteiger partial charge in [0.1, 0.15) is 5.78 Å². The third-order valence-corrected chi connectivity index (χ3v) is 1.87. The second-order valence-electron chi connectivity index (χ2n) is 3.06. The number of carbonyl (C=O) groups excluding carboxylic acids is 1. The summed E-state index contributed by atoms with van der Waals surface area (Å²) in [6.45, 7) is 7.37. The first-order valence-electron chi connectivity index (χ1n) is 5.56. The second-order valence-corrected chi connectivity index (χ2v) is 3.06. The highest BCUT2D eigenvalue weighted by Gasteiger charge is 1.97. The summed E-state index contributed by atoms with van der Waals surface area (Å²) in [5.41, 5.74) is 0. The van der Waals surface area contributed by atoms with E-state index in [-0.39, 0.29) is 5.78 Å². The Morgan fingerprint density at radius 2 is 1.40 bits per heavy atom. The Kier molecular flexibility index (Phi) is 11.3. The minimum atomic E-state index is 0.243. The van der Waals surface area contributed by atoms with Crippen molar-refractivity contribution < 1.29 is 19.0 Å². The molecule has 0 saturated carbocycles. The molecule has 0 saturated heterocycles. The van der Waals surface area contributed by atoms with Gasteiger partial charge >= 0.3 is 0 Å². The van der Waals surface area contributed by atoms with Crippen molar-refractivity contribution in [3.63, 3.8) is 0 Å². The summed E-state index contributed by atoms with van der Waals surface area (Å²) >= 11 is 0. The van der Waals surface area contributed by atoms with Gasteiger partial charge in [-0.25, -0.2) is 0 Å². The van der Waals surface area contributed by atoms with Gasteiger partial charge in [0.05, 0.1) is 33.0 Å². The van der Waals surface area contributed by atoms with E-state index in [1.54, 1.807) is 0 Å². The van der Waals surface area contributed by atoms with Crippen molar-refractivity contribution in [2.24, 2.45) is 0 Å². The molecule has 4 heteroatoms. The highest BCUT2D eigenvalue weighted by atomic mass is 16.5. The molecule has 0 heterocycles. The van der Waals surface area contributed by atoms with Gasteiger partial charge in [0.25, 0.3) is 0 Å². The molecule has 0 aliphatic heterocycles. The fraction of sp³-hybridized carbons (Fsp3) is 0.909. The number of ether oxygens (including phenoxy) is 3. The van der Waals surface area contributed by atoms with E-state index >= 15 is 0 Å². The van der Waals surface area contributed by atoms with Crippen LogP contribution < -0.4 is 0 Å². The molecule has 0 fully saturated rings. The third kappa shape index (κ3) is 11.5. The van der Waals surface area contributed by atoms with Crippen molar-refractivity contribution in [3.8, 4) is 0 Å². The van der Waals surface area contributed by atoms with E-state index in [1.165, 1.54) is 0 Å². The summed E-state index contributed by atoms with van der Waals surface area (Å²) in [5.74, 6) is 0.243. The molecule has 0 bridgehead atoms. The Morgan fingerprint density at radius 3 is 1.93 bits per heavy atom. The predicted octanol–water partition coefficient (Wildman–Crippen LogP) is 1.43. The molecule has 0 aliphatic rings. The first-order chi connectivity index (χ1) is 7.31. The molecule has 0 N–H and O–H groups in total. The lowest BCUT2D eigenvalue weighted by molar-refractivity contribution is -0.119. The van der Waals surface area contributed by atoms with Gasteiger partial charge in [-0.2, -0.15) is 0 Å². The first kappa shape index (κ1) is 14.6. The van der Waals surface area contributed by atoms with Crippen molar-refractivity contribution in [1.82, 2.24) is 0 Å². The van der Waals surface area contributed by atoms with E-state index < -0.39 is 0 Å². The van der Waals surface area contributed by atoms with Crippen LogP contribution in [0.15, 0.2) is 0 Å². The van der Waals surface area contributed by atoms with Crippen LogP contribution in [0.5, 0.6) is 0 Å². The fourth-order valence-electron chi connectivity index (χ4n) is 0.947. The van der Waals surface area contributed by atoms with Crippen LogP contribution >= 0.6 is 0 Å². The number of Topliss-reactive ketones (excluding diaryl/α,β-unsaturated/α-hetero) is 1. The number of ketones is 1. The van der Waals surface area contributed by atoms with Crippen LogP contribution in [-0.2, 0) is 19.0 Å². The molecule has 0 atom stereocenters. The SMILES string of the molecule is CCOCCOCCOCCC(=O)CC. The van der Waals surface area contributed by atoms with E-state index in [2.05, 4.69) is 0 Å². The topological polar surface area (TPSA) is 44.8 Å². The maximum atomic E-state index is 10.9. The maximum absolute atomic E-state index is 10.9. The summed E-state index contributed by atoms with van der Waals surface area (Å²) in [4.78, 5) is 10.9.